The van der Waals surface area contributed by atoms with Crippen molar-refractivity contribution in [2.75, 3.05) is 23.7 Å². The van der Waals surface area contributed by atoms with Gasteiger partial charge < -0.3 is 15.5 Å². The number of hydrogen-bond donors (Lipinski definition) is 2. The number of benzene rings is 1. The fourth-order valence-corrected chi connectivity index (χ4v) is 3.24. The van der Waals surface area contributed by atoms with E-state index in [4.69, 9.17) is 0 Å². The Labute approximate surface area is 156 Å². The molecule has 1 amide bonds. The normalized spacial score (nSPS) is 16.3. The number of carbonyl (C=O) groups is 2. The second kappa shape index (κ2) is 6.68. The van der Waals surface area contributed by atoms with Crippen LogP contribution in [-0.4, -0.2) is 40.5 Å². The van der Waals surface area contributed by atoms with Crippen LogP contribution in [0.1, 0.15) is 28.4 Å². The first-order valence-corrected chi connectivity index (χ1v) is 8.71. The van der Waals surface area contributed by atoms with E-state index in [2.05, 4.69) is 20.6 Å². The molecule has 0 radical (unpaired) electrons. The van der Waals surface area contributed by atoms with Crippen LogP contribution in [0.4, 0.5) is 11.5 Å². The molecule has 0 spiro atoms. The Balaban J connectivity index is 1.64. The summed E-state index contributed by atoms with van der Waals surface area (Å²) in [7, 11) is 0. The van der Waals surface area contributed by atoms with Gasteiger partial charge in [0.1, 0.15) is 17.5 Å². The molecule has 1 aromatic heterocycles. The summed E-state index contributed by atoms with van der Waals surface area (Å²) < 4.78 is 0. The van der Waals surface area contributed by atoms with Crippen LogP contribution in [0.3, 0.4) is 0 Å². The average molecular weight is 361 g/mol. The smallest absolute Gasteiger partial charge is 0.222 e. The largest absolute Gasteiger partial charge is 0.341 e. The summed E-state index contributed by atoms with van der Waals surface area (Å²) in [6, 6.07) is 9.34. The molecule has 3 heterocycles. The number of allylic oxidation sites excluding steroid dienone is 1. The van der Waals surface area contributed by atoms with E-state index in [0.717, 1.165) is 29.2 Å². The van der Waals surface area contributed by atoms with Crippen molar-refractivity contribution in [2.45, 2.75) is 13.8 Å². The van der Waals surface area contributed by atoms with Crippen molar-refractivity contribution in [2.24, 2.45) is 4.99 Å². The van der Waals surface area contributed by atoms with Gasteiger partial charge >= 0.3 is 0 Å². The van der Waals surface area contributed by atoms with Crippen LogP contribution in [0, 0.1) is 6.92 Å². The number of hydrogen-bond acceptors (Lipinski definition) is 6. The van der Waals surface area contributed by atoms with E-state index in [1.54, 1.807) is 18.2 Å². The third-order valence-corrected chi connectivity index (χ3v) is 4.52. The number of nitrogens with zero attached hydrogens (tertiary/aromatic N) is 3. The summed E-state index contributed by atoms with van der Waals surface area (Å²) in [4.78, 5) is 34.5. The van der Waals surface area contributed by atoms with E-state index in [1.165, 1.54) is 13.1 Å². The van der Waals surface area contributed by atoms with Crippen LogP contribution in [0.15, 0.2) is 53.4 Å². The second-order valence-electron chi connectivity index (χ2n) is 6.49. The van der Waals surface area contributed by atoms with Crippen LogP contribution in [-0.2, 0) is 4.79 Å². The highest BCUT2D eigenvalue weighted by Crippen LogP contribution is 2.32. The zero-order valence-electron chi connectivity index (χ0n) is 15.1. The van der Waals surface area contributed by atoms with Crippen LogP contribution >= 0.6 is 0 Å². The number of amidine groups is 1. The molecular formula is C20H19N5O2. The SMILES string of the molecule is CC(=O)Nc1ccc(C(=O)C=C2Nc3c(C)cccc3C3=NCCN23)cn1. The third-order valence-electron chi connectivity index (χ3n) is 4.52. The van der Waals surface area contributed by atoms with Gasteiger partial charge in [-0.1, -0.05) is 12.1 Å². The van der Waals surface area contributed by atoms with Crippen molar-refractivity contribution >= 4 is 29.0 Å². The maximum absolute atomic E-state index is 12.7. The van der Waals surface area contributed by atoms with Crippen molar-refractivity contribution in [3.05, 3.63) is 65.1 Å². The molecule has 4 rings (SSSR count). The Morgan fingerprint density at radius 2 is 2.11 bits per heavy atom. The molecule has 2 aliphatic rings. The zero-order valence-corrected chi connectivity index (χ0v) is 15.1. The van der Waals surface area contributed by atoms with Gasteiger partial charge in [-0.25, -0.2) is 4.98 Å². The lowest BCUT2D eigenvalue weighted by atomic mass is 10.0. The summed E-state index contributed by atoms with van der Waals surface area (Å²) in [6.45, 7) is 4.87. The van der Waals surface area contributed by atoms with E-state index in [9.17, 15) is 9.59 Å². The standard InChI is InChI=1S/C20H19N5O2/c1-12-4-3-5-15-19(12)24-18(25-9-8-21-20(15)25)10-16(27)14-6-7-17(22-11-14)23-13(2)26/h3-7,10-11,24H,8-9H2,1-2H3,(H,22,23,26). The van der Waals surface area contributed by atoms with Crippen molar-refractivity contribution in [1.29, 1.82) is 0 Å². The van der Waals surface area contributed by atoms with Gasteiger partial charge in [0.15, 0.2) is 5.78 Å². The third kappa shape index (κ3) is 3.19. The Morgan fingerprint density at radius 3 is 2.85 bits per heavy atom. The molecule has 0 atom stereocenters. The summed E-state index contributed by atoms with van der Waals surface area (Å²) >= 11 is 0. The highest BCUT2D eigenvalue weighted by molar-refractivity contribution is 6.10. The highest BCUT2D eigenvalue weighted by atomic mass is 16.1. The molecule has 2 aliphatic heterocycles. The van der Waals surface area contributed by atoms with Crippen molar-refractivity contribution < 1.29 is 9.59 Å². The number of ketones is 1. The maximum Gasteiger partial charge on any atom is 0.222 e. The number of aromatic nitrogens is 1. The molecule has 27 heavy (non-hydrogen) atoms. The van der Waals surface area contributed by atoms with Gasteiger partial charge in [0.2, 0.25) is 5.91 Å². The number of anilines is 2. The lowest BCUT2D eigenvalue weighted by Gasteiger charge is -2.32. The summed E-state index contributed by atoms with van der Waals surface area (Å²) in [6.07, 6.45) is 3.04. The fraction of sp³-hybridized carbons (Fsp3) is 0.200. The van der Waals surface area contributed by atoms with Crippen LogP contribution in [0.5, 0.6) is 0 Å². The van der Waals surface area contributed by atoms with Gasteiger partial charge in [-0.2, -0.15) is 0 Å². The number of carbonyl (C=O) groups excluding carboxylic acids is 2. The average Bonchev–Trinajstić information content (AvgIpc) is 3.13. The lowest BCUT2D eigenvalue weighted by molar-refractivity contribution is -0.114. The number of aliphatic imine (C=N–C) groups is 1. The van der Waals surface area contributed by atoms with E-state index >= 15 is 0 Å². The van der Waals surface area contributed by atoms with Crippen LogP contribution in [0.25, 0.3) is 0 Å². The number of nitrogens with one attached hydrogen (secondary N) is 2. The summed E-state index contributed by atoms with van der Waals surface area (Å²) in [5, 5.41) is 5.97. The number of amides is 1. The first-order chi connectivity index (χ1) is 13.0. The van der Waals surface area contributed by atoms with Crippen molar-refractivity contribution in [1.82, 2.24) is 9.88 Å². The fourth-order valence-electron chi connectivity index (χ4n) is 3.24. The zero-order chi connectivity index (χ0) is 19.0. The van der Waals surface area contributed by atoms with Gasteiger partial charge in [0, 0.05) is 36.9 Å². The molecule has 2 aromatic rings. The minimum atomic E-state index is -0.204. The van der Waals surface area contributed by atoms with Gasteiger partial charge in [-0.15, -0.1) is 0 Å². The highest BCUT2D eigenvalue weighted by Gasteiger charge is 2.30. The van der Waals surface area contributed by atoms with E-state index < -0.39 is 0 Å². The molecule has 0 bridgehead atoms. The maximum atomic E-state index is 12.7. The first kappa shape index (κ1) is 17.0. The van der Waals surface area contributed by atoms with E-state index in [1.807, 2.05) is 30.0 Å². The molecule has 0 unspecified atom stereocenters. The van der Waals surface area contributed by atoms with Crippen LogP contribution in [0.2, 0.25) is 0 Å². The van der Waals surface area contributed by atoms with Gasteiger partial charge in [0.05, 0.1) is 12.2 Å². The van der Waals surface area contributed by atoms with E-state index in [0.29, 0.717) is 23.7 Å². The predicted molar refractivity (Wildman–Crippen MR) is 104 cm³/mol. The number of aryl methyl sites for hydroxylation is 1. The molecule has 2 N–H and O–H groups in total. The number of para-hydroxylation sites is 1. The molecule has 0 saturated carbocycles. The van der Waals surface area contributed by atoms with Crippen LogP contribution < -0.4 is 10.6 Å². The predicted octanol–water partition coefficient (Wildman–Crippen LogP) is 2.56. The molecule has 1 aromatic carbocycles. The minimum absolute atomic E-state index is 0.164. The van der Waals surface area contributed by atoms with Gasteiger partial charge in [-0.05, 0) is 30.7 Å². The Hall–Kier alpha value is -3.48. The summed E-state index contributed by atoms with van der Waals surface area (Å²) in [5.74, 6) is 1.66. The lowest BCUT2D eigenvalue weighted by Crippen LogP contribution is -2.36. The Kier molecular flexibility index (Phi) is 4.19. The van der Waals surface area contributed by atoms with E-state index in [-0.39, 0.29) is 11.7 Å². The first-order valence-electron chi connectivity index (χ1n) is 8.71. The summed E-state index contributed by atoms with van der Waals surface area (Å²) in [5.41, 5.74) is 3.58. The number of pyridine rings is 1. The van der Waals surface area contributed by atoms with Crippen molar-refractivity contribution in [3.63, 3.8) is 0 Å². The molecular weight excluding hydrogens is 342 g/mol. The van der Waals surface area contributed by atoms with Gasteiger partial charge in [-0.3, -0.25) is 14.6 Å². The Bertz CT molecular complexity index is 992. The molecule has 0 fully saturated rings. The Morgan fingerprint density at radius 1 is 1.26 bits per heavy atom. The second-order valence-corrected chi connectivity index (χ2v) is 6.49. The number of fused-ring (bicyclic) bond motifs is 3. The molecule has 0 aliphatic carbocycles. The monoisotopic (exact) mass is 361 g/mol. The number of rotatable bonds is 3. The minimum Gasteiger partial charge on any atom is -0.341 e. The topological polar surface area (TPSA) is 86.7 Å². The molecule has 7 heteroatoms. The van der Waals surface area contributed by atoms with Crippen molar-refractivity contribution in [3.8, 4) is 0 Å². The molecule has 0 saturated heterocycles. The molecule has 7 nitrogen and oxygen atoms in total. The van der Waals surface area contributed by atoms with Gasteiger partial charge in [0.25, 0.3) is 0 Å². The molecule has 136 valence electrons. The quantitative estimate of drug-likeness (QED) is 0.648.